The van der Waals surface area contributed by atoms with Crippen molar-refractivity contribution in [2.24, 2.45) is 0 Å². The van der Waals surface area contributed by atoms with Crippen molar-refractivity contribution in [1.82, 2.24) is 4.90 Å². The maximum atomic E-state index is 3.98. The van der Waals surface area contributed by atoms with Gasteiger partial charge in [0.05, 0.1) is 0 Å². The molecule has 2 aromatic rings. The Kier molecular flexibility index (Phi) is 5.07. The van der Waals surface area contributed by atoms with Crippen molar-refractivity contribution in [2.75, 3.05) is 19.6 Å². The lowest BCUT2D eigenvalue weighted by Gasteiger charge is -2.29. The largest absolute Gasteiger partial charge is 0.303 e. The van der Waals surface area contributed by atoms with E-state index in [0.29, 0.717) is 0 Å². The van der Waals surface area contributed by atoms with Gasteiger partial charge in [-0.2, -0.15) is 0 Å². The summed E-state index contributed by atoms with van der Waals surface area (Å²) in [6.07, 6.45) is 3.33. The molecule has 2 aromatic carbocycles. The molecule has 0 spiro atoms. The number of rotatable bonds is 4. The van der Waals surface area contributed by atoms with Gasteiger partial charge in [0, 0.05) is 13.1 Å². The van der Waals surface area contributed by atoms with E-state index in [2.05, 4.69) is 72.5 Å². The predicted molar refractivity (Wildman–Crippen MR) is 94.6 cm³/mol. The highest BCUT2D eigenvalue weighted by molar-refractivity contribution is 5.82. The van der Waals surface area contributed by atoms with Gasteiger partial charge in [-0.3, -0.25) is 0 Å². The molecule has 1 saturated heterocycles. The van der Waals surface area contributed by atoms with E-state index in [4.69, 9.17) is 0 Å². The van der Waals surface area contributed by atoms with Gasteiger partial charge in [0.15, 0.2) is 0 Å². The summed E-state index contributed by atoms with van der Waals surface area (Å²) in [6, 6.07) is 21.7. The number of piperidine rings is 1. The highest BCUT2D eigenvalue weighted by atomic mass is 15.1. The molecule has 3 rings (SSSR count). The summed E-state index contributed by atoms with van der Waals surface area (Å²) in [7, 11) is 0. The molecule has 0 saturated carbocycles. The van der Waals surface area contributed by atoms with Crippen LogP contribution in [0, 0.1) is 6.92 Å². The van der Waals surface area contributed by atoms with Gasteiger partial charge in [0.1, 0.15) is 0 Å². The maximum absolute atomic E-state index is 3.98. The number of benzene rings is 2. The quantitative estimate of drug-likeness (QED) is 0.781. The molecule has 1 nitrogen and oxygen atoms in total. The maximum Gasteiger partial charge on any atom is 0.00190 e. The molecule has 22 heavy (non-hydrogen) atoms. The molecule has 0 amide bonds. The van der Waals surface area contributed by atoms with Gasteiger partial charge in [-0.15, -0.1) is 0 Å². The minimum Gasteiger partial charge on any atom is -0.303 e. The summed E-state index contributed by atoms with van der Waals surface area (Å²) < 4.78 is 0. The topological polar surface area (TPSA) is 3.24 Å². The molecular formula is C21H24N. The molecule has 1 aliphatic heterocycles. The zero-order valence-electron chi connectivity index (χ0n) is 13.2. The molecule has 0 atom stereocenters. The first-order valence-electron chi connectivity index (χ1n) is 8.23. The Hall–Kier alpha value is -1.86. The standard InChI is InChI=1S/C21H24N/c1-2-15-22-16-13-20(14-17-22)21(18-9-5-3-6-10-18)19-11-7-4-8-12-19/h3-12H,1-2,13-17H2. The Labute approximate surface area is 134 Å². The number of likely N-dealkylation sites (tertiary alicyclic amines) is 1. The average molecular weight is 290 g/mol. The molecule has 0 aliphatic carbocycles. The van der Waals surface area contributed by atoms with Crippen LogP contribution in [0.1, 0.15) is 30.4 Å². The van der Waals surface area contributed by atoms with Crippen LogP contribution in [-0.4, -0.2) is 24.5 Å². The van der Waals surface area contributed by atoms with Crippen LogP contribution in [0.2, 0.25) is 0 Å². The molecule has 113 valence electrons. The molecule has 0 aromatic heterocycles. The van der Waals surface area contributed by atoms with Gasteiger partial charge in [0.2, 0.25) is 0 Å². The Balaban J connectivity index is 1.95. The number of nitrogens with zero attached hydrogens (tertiary/aromatic N) is 1. The fourth-order valence-corrected chi connectivity index (χ4v) is 3.30. The van der Waals surface area contributed by atoms with E-state index in [-0.39, 0.29) is 0 Å². The van der Waals surface area contributed by atoms with Crippen LogP contribution in [0.25, 0.3) is 5.57 Å². The fraction of sp³-hybridized carbons (Fsp3) is 0.286. The van der Waals surface area contributed by atoms with Gasteiger partial charge in [-0.1, -0.05) is 73.2 Å². The Bertz CT molecular complexity index is 561. The van der Waals surface area contributed by atoms with E-state index in [1.807, 2.05) is 0 Å². The van der Waals surface area contributed by atoms with E-state index < -0.39 is 0 Å². The summed E-state index contributed by atoms with van der Waals surface area (Å²) >= 11 is 0. The SMILES string of the molecule is [CH2]CCN1CCC(=C(c2ccccc2)c2ccccc2)CC1. The smallest absolute Gasteiger partial charge is 0.00190 e. The molecule has 0 bridgehead atoms. The zero-order valence-corrected chi connectivity index (χ0v) is 13.2. The minimum atomic E-state index is 1.00. The van der Waals surface area contributed by atoms with E-state index >= 15 is 0 Å². The molecule has 0 N–H and O–H groups in total. The lowest BCUT2D eigenvalue weighted by atomic mass is 9.88. The molecule has 1 aliphatic rings. The predicted octanol–water partition coefficient (Wildman–Crippen LogP) is 4.81. The first-order chi connectivity index (χ1) is 10.9. The molecule has 0 unspecified atom stereocenters. The highest BCUT2D eigenvalue weighted by Crippen LogP contribution is 2.32. The van der Waals surface area contributed by atoms with Crippen molar-refractivity contribution in [2.45, 2.75) is 19.3 Å². The van der Waals surface area contributed by atoms with Crippen LogP contribution in [0.15, 0.2) is 66.2 Å². The second-order valence-electron chi connectivity index (χ2n) is 5.91. The monoisotopic (exact) mass is 290 g/mol. The van der Waals surface area contributed by atoms with Crippen LogP contribution >= 0.6 is 0 Å². The minimum absolute atomic E-state index is 1.00. The van der Waals surface area contributed by atoms with E-state index in [1.165, 1.54) is 29.5 Å². The van der Waals surface area contributed by atoms with Crippen molar-refractivity contribution < 1.29 is 0 Å². The van der Waals surface area contributed by atoms with Crippen molar-refractivity contribution in [3.05, 3.63) is 84.3 Å². The lowest BCUT2D eigenvalue weighted by molar-refractivity contribution is 0.261. The van der Waals surface area contributed by atoms with Gasteiger partial charge in [-0.25, -0.2) is 0 Å². The zero-order chi connectivity index (χ0) is 15.2. The van der Waals surface area contributed by atoms with Crippen molar-refractivity contribution in [1.29, 1.82) is 0 Å². The van der Waals surface area contributed by atoms with Crippen LogP contribution in [0.4, 0.5) is 0 Å². The van der Waals surface area contributed by atoms with Gasteiger partial charge in [-0.05, 0) is 42.5 Å². The molecule has 1 heterocycles. The van der Waals surface area contributed by atoms with E-state index in [1.54, 1.807) is 5.57 Å². The van der Waals surface area contributed by atoms with Crippen LogP contribution in [0.3, 0.4) is 0 Å². The van der Waals surface area contributed by atoms with Crippen molar-refractivity contribution >= 4 is 5.57 Å². The average Bonchev–Trinajstić information content (AvgIpc) is 2.59. The highest BCUT2D eigenvalue weighted by Gasteiger charge is 2.18. The molecule has 1 fully saturated rings. The second kappa shape index (κ2) is 7.42. The Morgan fingerprint density at radius 1 is 0.818 bits per heavy atom. The summed E-state index contributed by atoms with van der Waals surface area (Å²) in [5, 5.41) is 0. The van der Waals surface area contributed by atoms with Crippen LogP contribution in [-0.2, 0) is 0 Å². The summed E-state index contributed by atoms with van der Waals surface area (Å²) in [5.41, 5.74) is 5.72. The van der Waals surface area contributed by atoms with Crippen molar-refractivity contribution in [3.8, 4) is 0 Å². The van der Waals surface area contributed by atoms with Crippen molar-refractivity contribution in [3.63, 3.8) is 0 Å². The van der Waals surface area contributed by atoms with E-state index in [0.717, 1.165) is 26.1 Å². The van der Waals surface area contributed by atoms with Crippen LogP contribution < -0.4 is 0 Å². The fourth-order valence-electron chi connectivity index (χ4n) is 3.30. The third-order valence-corrected chi connectivity index (χ3v) is 4.41. The third-order valence-electron chi connectivity index (χ3n) is 4.41. The first kappa shape index (κ1) is 15.1. The second-order valence-corrected chi connectivity index (χ2v) is 5.91. The normalized spacial score (nSPS) is 15.8. The summed E-state index contributed by atoms with van der Waals surface area (Å²) in [6.45, 7) is 7.42. The summed E-state index contributed by atoms with van der Waals surface area (Å²) in [5.74, 6) is 0. The first-order valence-corrected chi connectivity index (χ1v) is 8.23. The number of hydrogen-bond acceptors (Lipinski definition) is 1. The number of hydrogen-bond donors (Lipinski definition) is 0. The Morgan fingerprint density at radius 3 is 1.77 bits per heavy atom. The van der Waals surface area contributed by atoms with E-state index in [9.17, 15) is 0 Å². The Morgan fingerprint density at radius 2 is 1.32 bits per heavy atom. The lowest BCUT2D eigenvalue weighted by Crippen LogP contribution is -2.31. The molecule has 1 heteroatoms. The molecule has 1 radical (unpaired) electrons. The van der Waals surface area contributed by atoms with Gasteiger partial charge in [0.25, 0.3) is 0 Å². The third kappa shape index (κ3) is 3.48. The molecular weight excluding hydrogens is 266 g/mol. The van der Waals surface area contributed by atoms with Gasteiger partial charge < -0.3 is 4.90 Å². The van der Waals surface area contributed by atoms with Crippen LogP contribution in [0.5, 0.6) is 0 Å². The summed E-state index contributed by atoms with van der Waals surface area (Å²) in [4.78, 5) is 2.53. The van der Waals surface area contributed by atoms with Gasteiger partial charge >= 0.3 is 0 Å².